The largest absolute Gasteiger partial charge is 0.303 e. The second-order valence-electron chi connectivity index (χ2n) is 6.11. The smallest absolute Gasteiger partial charge is 0.127 e. The lowest BCUT2D eigenvalue weighted by molar-refractivity contribution is -0.116. The molecular formula is C14H29NO. The highest BCUT2D eigenvalue weighted by Crippen LogP contribution is 2.20. The molecule has 0 saturated carbocycles. The topological polar surface area (TPSA) is 20.3 Å². The highest BCUT2D eigenvalue weighted by molar-refractivity contribution is 5.58. The van der Waals surface area contributed by atoms with Gasteiger partial charge < -0.3 is 9.69 Å². The zero-order valence-corrected chi connectivity index (χ0v) is 11.9. The molecule has 0 bridgehead atoms. The second kappa shape index (κ2) is 7.05. The average molecular weight is 227 g/mol. The van der Waals surface area contributed by atoms with Crippen LogP contribution < -0.4 is 0 Å². The maximum absolute atomic E-state index is 11.1. The molecule has 0 heterocycles. The number of carbonyl (C=O) groups excluding carboxylic acids is 1. The van der Waals surface area contributed by atoms with Crippen molar-refractivity contribution in [3.63, 3.8) is 0 Å². The molecule has 2 heteroatoms. The molecule has 1 atom stereocenters. The van der Waals surface area contributed by atoms with E-state index in [9.17, 15) is 4.79 Å². The summed E-state index contributed by atoms with van der Waals surface area (Å²) >= 11 is 0. The predicted octanol–water partition coefficient (Wildman–Crippen LogP) is 3.22. The molecule has 0 rings (SSSR count). The SMILES string of the molecule is CCC(C)(C=O)CN(CC(C)C)CC(C)C. The Labute approximate surface area is 101 Å². The van der Waals surface area contributed by atoms with Gasteiger partial charge in [-0.15, -0.1) is 0 Å². The number of rotatable bonds is 8. The van der Waals surface area contributed by atoms with E-state index < -0.39 is 0 Å². The molecule has 0 radical (unpaired) electrons. The molecule has 0 aliphatic heterocycles. The summed E-state index contributed by atoms with van der Waals surface area (Å²) in [6.07, 6.45) is 2.05. The molecule has 16 heavy (non-hydrogen) atoms. The zero-order chi connectivity index (χ0) is 12.8. The van der Waals surface area contributed by atoms with Gasteiger partial charge in [-0.05, 0) is 18.3 Å². The Bertz CT molecular complexity index is 191. The number of carbonyl (C=O) groups is 1. The van der Waals surface area contributed by atoms with Crippen LogP contribution in [0.15, 0.2) is 0 Å². The van der Waals surface area contributed by atoms with Crippen molar-refractivity contribution < 1.29 is 4.79 Å². The summed E-state index contributed by atoms with van der Waals surface area (Å²) in [5, 5.41) is 0. The minimum Gasteiger partial charge on any atom is -0.303 e. The van der Waals surface area contributed by atoms with Crippen LogP contribution in [-0.4, -0.2) is 30.8 Å². The summed E-state index contributed by atoms with van der Waals surface area (Å²) < 4.78 is 0. The maximum atomic E-state index is 11.1. The molecule has 0 aromatic rings. The van der Waals surface area contributed by atoms with E-state index in [1.165, 1.54) is 0 Å². The number of hydrogen-bond donors (Lipinski definition) is 0. The quantitative estimate of drug-likeness (QED) is 0.593. The van der Waals surface area contributed by atoms with Crippen LogP contribution in [0.2, 0.25) is 0 Å². The first-order valence-corrected chi connectivity index (χ1v) is 6.51. The van der Waals surface area contributed by atoms with E-state index in [0.717, 1.165) is 32.3 Å². The second-order valence-corrected chi connectivity index (χ2v) is 6.11. The van der Waals surface area contributed by atoms with Crippen molar-refractivity contribution in [1.29, 1.82) is 0 Å². The van der Waals surface area contributed by atoms with E-state index in [2.05, 4.69) is 46.4 Å². The molecule has 0 fully saturated rings. The fraction of sp³-hybridized carbons (Fsp3) is 0.929. The van der Waals surface area contributed by atoms with Gasteiger partial charge in [-0.1, -0.05) is 41.5 Å². The number of hydrogen-bond acceptors (Lipinski definition) is 2. The fourth-order valence-corrected chi connectivity index (χ4v) is 1.98. The molecule has 1 unspecified atom stereocenters. The van der Waals surface area contributed by atoms with E-state index in [4.69, 9.17) is 0 Å². The number of aldehydes is 1. The van der Waals surface area contributed by atoms with Gasteiger partial charge in [-0.3, -0.25) is 0 Å². The normalized spacial score (nSPS) is 15.8. The van der Waals surface area contributed by atoms with Gasteiger partial charge >= 0.3 is 0 Å². The standard InChI is InChI=1S/C14H29NO/c1-7-14(6,11-16)10-15(8-12(2)3)9-13(4)5/h11-13H,7-10H2,1-6H3. The molecule has 96 valence electrons. The first kappa shape index (κ1) is 15.6. The average Bonchev–Trinajstić information content (AvgIpc) is 2.15. The molecule has 0 spiro atoms. The van der Waals surface area contributed by atoms with E-state index >= 15 is 0 Å². The monoisotopic (exact) mass is 227 g/mol. The Balaban J connectivity index is 4.45. The van der Waals surface area contributed by atoms with E-state index in [1.807, 2.05) is 0 Å². The molecule has 0 aromatic heterocycles. The Morgan fingerprint density at radius 3 is 1.81 bits per heavy atom. The summed E-state index contributed by atoms with van der Waals surface area (Å²) in [7, 11) is 0. The maximum Gasteiger partial charge on any atom is 0.127 e. The summed E-state index contributed by atoms with van der Waals surface area (Å²) in [4.78, 5) is 13.6. The summed E-state index contributed by atoms with van der Waals surface area (Å²) in [5.74, 6) is 1.32. The summed E-state index contributed by atoms with van der Waals surface area (Å²) in [6, 6.07) is 0. The third-order valence-electron chi connectivity index (χ3n) is 2.92. The van der Waals surface area contributed by atoms with Crippen LogP contribution >= 0.6 is 0 Å². The lowest BCUT2D eigenvalue weighted by atomic mass is 9.88. The third-order valence-corrected chi connectivity index (χ3v) is 2.92. The van der Waals surface area contributed by atoms with Crippen molar-refractivity contribution in [1.82, 2.24) is 4.90 Å². The zero-order valence-electron chi connectivity index (χ0n) is 11.9. The van der Waals surface area contributed by atoms with Gasteiger partial charge in [-0.2, -0.15) is 0 Å². The third kappa shape index (κ3) is 6.26. The highest BCUT2D eigenvalue weighted by atomic mass is 16.1. The first-order valence-electron chi connectivity index (χ1n) is 6.51. The van der Waals surface area contributed by atoms with Crippen molar-refractivity contribution in [2.24, 2.45) is 17.3 Å². The summed E-state index contributed by atoms with van der Waals surface area (Å²) in [5.41, 5.74) is -0.177. The van der Waals surface area contributed by atoms with Crippen LogP contribution in [0.25, 0.3) is 0 Å². The van der Waals surface area contributed by atoms with E-state index in [0.29, 0.717) is 11.8 Å². The lowest BCUT2D eigenvalue weighted by Crippen LogP contribution is -2.40. The molecule has 0 amide bonds. The fourth-order valence-electron chi connectivity index (χ4n) is 1.98. The van der Waals surface area contributed by atoms with Gasteiger partial charge in [0.25, 0.3) is 0 Å². The van der Waals surface area contributed by atoms with Crippen LogP contribution in [0.3, 0.4) is 0 Å². The minimum atomic E-state index is -0.177. The Kier molecular flexibility index (Phi) is 6.89. The number of nitrogens with zero attached hydrogens (tertiary/aromatic N) is 1. The highest BCUT2D eigenvalue weighted by Gasteiger charge is 2.25. The van der Waals surface area contributed by atoms with Crippen molar-refractivity contribution in [2.45, 2.75) is 48.0 Å². The van der Waals surface area contributed by atoms with Crippen molar-refractivity contribution in [2.75, 3.05) is 19.6 Å². The first-order chi connectivity index (χ1) is 7.33. The molecule has 0 aromatic carbocycles. The predicted molar refractivity (Wildman–Crippen MR) is 70.6 cm³/mol. The van der Waals surface area contributed by atoms with Gasteiger partial charge in [0.15, 0.2) is 0 Å². The van der Waals surface area contributed by atoms with Gasteiger partial charge in [-0.25, -0.2) is 0 Å². The minimum absolute atomic E-state index is 0.177. The van der Waals surface area contributed by atoms with Gasteiger partial charge in [0, 0.05) is 25.0 Å². The van der Waals surface area contributed by atoms with E-state index in [-0.39, 0.29) is 5.41 Å². The lowest BCUT2D eigenvalue weighted by Gasteiger charge is -2.33. The van der Waals surface area contributed by atoms with E-state index in [1.54, 1.807) is 0 Å². The van der Waals surface area contributed by atoms with Crippen molar-refractivity contribution >= 4 is 6.29 Å². The van der Waals surface area contributed by atoms with Crippen molar-refractivity contribution in [3.8, 4) is 0 Å². The van der Waals surface area contributed by atoms with Gasteiger partial charge in [0.2, 0.25) is 0 Å². The molecular weight excluding hydrogens is 198 g/mol. The molecule has 0 aliphatic rings. The Morgan fingerprint density at radius 1 is 1.12 bits per heavy atom. The van der Waals surface area contributed by atoms with Crippen LogP contribution in [-0.2, 0) is 4.79 Å². The van der Waals surface area contributed by atoms with Crippen LogP contribution in [0.5, 0.6) is 0 Å². The van der Waals surface area contributed by atoms with Crippen molar-refractivity contribution in [3.05, 3.63) is 0 Å². The van der Waals surface area contributed by atoms with Gasteiger partial charge in [0.1, 0.15) is 6.29 Å². The molecule has 2 nitrogen and oxygen atoms in total. The summed E-state index contributed by atoms with van der Waals surface area (Å²) in [6.45, 7) is 16.2. The van der Waals surface area contributed by atoms with Crippen LogP contribution in [0.1, 0.15) is 48.0 Å². The Hall–Kier alpha value is -0.370. The molecule has 0 aliphatic carbocycles. The van der Waals surface area contributed by atoms with Crippen LogP contribution in [0.4, 0.5) is 0 Å². The Morgan fingerprint density at radius 2 is 1.56 bits per heavy atom. The molecule has 0 saturated heterocycles. The van der Waals surface area contributed by atoms with Crippen LogP contribution in [0, 0.1) is 17.3 Å². The van der Waals surface area contributed by atoms with Gasteiger partial charge in [0.05, 0.1) is 0 Å². The molecule has 0 N–H and O–H groups in total.